The highest BCUT2D eigenvalue weighted by Gasteiger charge is 2.19. The van der Waals surface area contributed by atoms with E-state index in [2.05, 4.69) is 5.16 Å². The normalized spacial score (nSPS) is 11.3. The zero-order valence-corrected chi connectivity index (χ0v) is 8.35. The van der Waals surface area contributed by atoms with Crippen molar-refractivity contribution in [1.82, 2.24) is 0 Å². The lowest BCUT2D eigenvalue weighted by Gasteiger charge is -2.01. The van der Waals surface area contributed by atoms with Gasteiger partial charge in [0.25, 0.3) is 0 Å². The number of carbonyl (C=O) groups excluding carboxylic acids is 1. The Labute approximate surface area is 94.0 Å². The fourth-order valence-corrected chi connectivity index (χ4v) is 1.12. The van der Waals surface area contributed by atoms with E-state index in [9.17, 15) is 18.4 Å². The van der Waals surface area contributed by atoms with Gasteiger partial charge in [0, 0.05) is 6.07 Å². The number of nitrogens with zero attached hydrogens (tertiary/aromatic N) is 1. The maximum atomic E-state index is 13.1. The molecule has 0 heterocycles. The summed E-state index contributed by atoms with van der Waals surface area (Å²) in [5.41, 5.74) is -1.28. The van der Waals surface area contributed by atoms with Crippen LogP contribution < -0.4 is 0 Å². The van der Waals surface area contributed by atoms with E-state index in [4.69, 9.17) is 10.3 Å². The lowest BCUT2D eigenvalue weighted by Crippen LogP contribution is -2.18. The van der Waals surface area contributed by atoms with Crippen molar-refractivity contribution in [3.05, 3.63) is 35.4 Å². The summed E-state index contributed by atoms with van der Waals surface area (Å²) in [6.45, 7) is 0. The van der Waals surface area contributed by atoms with Gasteiger partial charge in [0.2, 0.25) is 0 Å². The molecule has 0 aliphatic heterocycles. The number of halogens is 2. The topological polar surface area (TPSA) is 87.0 Å². The molecule has 0 fully saturated rings. The molecule has 0 spiro atoms. The van der Waals surface area contributed by atoms with Gasteiger partial charge in [-0.05, 0) is 12.1 Å². The van der Waals surface area contributed by atoms with Crippen LogP contribution in [0.15, 0.2) is 23.4 Å². The van der Waals surface area contributed by atoms with Crippen LogP contribution in [0.25, 0.3) is 0 Å². The molecule has 0 bridgehead atoms. The van der Waals surface area contributed by atoms with Crippen molar-refractivity contribution in [1.29, 1.82) is 0 Å². The largest absolute Gasteiger partial charge is 0.477 e. The third kappa shape index (κ3) is 3.07. The molecule has 0 atom stereocenters. The van der Waals surface area contributed by atoms with Gasteiger partial charge in [-0.3, -0.25) is 4.79 Å². The molecule has 1 aromatic carbocycles. The molecule has 0 unspecified atom stereocenters. The highest BCUT2D eigenvalue weighted by atomic mass is 19.1. The van der Waals surface area contributed by atoms with Gasteiger partial charge in [0.1, 0.15) is 11.6 Å². The van der Waals surface area contributed by atoms with Crippen LogP contribution in [0.2, 0.25) is 0 Å². The maximum absolute atomic E-state index is 13.1. The number of rotatable bonds is 4. The molecule has 0 amide bonds. The van der Waals surface area contributed by atoms with Gasteiger partial charge in [-0.1, -0.05) is 5.16 Å². The first kappa shape index (κ1) is 12.8. The minimum Gasteiger partial charge on any atom is -0.477 e. The fourth-order valence-electron chi connectivity index (χ4n) is 1.12. The molecule has 1 aromatic rings. The number of ketones is 1. The van der Waals surface area contributed by atoms with Crippen molar-refractivity contribution in [2.75, 3.05) is 0 Å². The molecule has 0 aromatic heterocycles. The van der Waals surface area contributed by atoms with Gasteiger partial charge in [0.05, 0.1) is 12.0 Å². The standard InChI is InChI=1S/C10H7F2NO4/c11-5-1-2-6(7(12)3-5)9(14)4-8(13-17)10(15)16/h1-3,17H,4H2,(H,15,16). The minimum atomic E-state index is -1.59. The van der Waals surface area contributed by atoms with E-state index >= 15 is 0 Å². The Morgan fingerprint density at radius 3 is 2.41 bits per heavy atom. The van der Waals surface area contributed by atoms with Gasteiger partial charge in [-0.15, -0.1) is 0 Å². The Morgan fingerprint density at radius 1 is 1.29 bits per heavy atom. The predicted molar refractivity (Wildman–Crippen MR) is 52.2 cm³/mol. The van der Waals surface area contributed by atoms with Crippen molar-refractivity contribution >= 4 is 17.5 Å². The Hall–Kier alpha value is -2.31. The van der Waals surface area contributed by atoms with Crippen molar-refractivity contribution in [2.24, 2.45) is 5.16 Å². The summed E-state index contributed by atoms with van der Waals surface area (Å²) in [5, 5.41) is 19.2. The highest BCUT2D eigenvalue weighted by molar-refractivity contribution is 6.39. The van der Waals surface area contributed by atoms with E-state index in [0.717, 1.165) is 12.1 Å². The molecule has 90 valence electrons. The molecular formula is C10H7F2NO4. The van der Waals surface area contributed by atoms with Crippen LogP contribution in [0.3, 0.4) is 0 Å². The zero-order valence-electron chi connectivity index (χ0n) is 8.35. The van der Waals surface area contributed by atoms with Crippen molar-refractivity contribution in [3.8, 4) is 0 Å². The molecule has 1 rings (SSSR count). The number of benzene rings is 1. The van der Waals surface area contributed by atoms with E-state index in [-0.39, 0.29) is 0 Å². The molecule has 0 radical (unpaired) electrons. The molecule has 0 aliphatic rings. The smallest absolute Gasteiger partial charge is 0.354 e. The zero-order chi connectivity index (χ0) is 13.0. The number of carboxylic acids is 1. The average molecular weight is 243 g/mol. The summed E-state index contributed by atoms with van der Waals surface area (Å²) in [5.74, 6) is -4.47. The van der Waals surface area contributed by atoms with Crippen LogP contribution in [0.5, 0.6) is 0 Å². The number of hydrogen-bond acceptors (Lipinski definition) is 4. The van der Waals surface area contributed by atoms with Crippen LogP contribution >= 0.6 is 0 Å². The average Bonchev–Trinajstić information content (AvgIpc) is 2.24. The second-order valence-electron chi connectivity index (χ2n) is 3.08. The van der Waals surface area contributed by atoms with Gasteiger partial charge in [0.15, 0.2) is 11.5 Å². The highest BCUT2D eigenvalue weighted by Crippen LogP contribution is 2.12. The SMILES string of the molecule is O=C(O)C(CC(=O)c1ccc(F)cc1F)=NO. The minimum absolute atomic E-state index is 0.464. The molecule has 7 heteroatoms. The first-order valence-corrected chi connectivity index (χ1v) is 4.38. The van der Waals surface area contributed by atoms with Crippen LogP contribution in [-0.2, 0) is 4.79 Å². The predicted octanol–water partition coefficient (Wildman–Crippen LogP) is 1.45. The summed E-state index contributed by atoms with van der Waals surface area (Å²) in [7, 11) is 0. The van der Waals surface area contributed by atoms with E-state index in [0.29, 0.717) is 6.07 Å². The third-order valence-electron chi connectivity index (χ3n) is 1.93. The fraction of sp³-hybridized carbons (Fsp3) is 0.100. The van der Waals surface area contributed by atoms with E-state index in [1.165, 1.54) is 0 Å². The van der Waals surface area contributed by atoms with Crippen LogP contribution in [-0.4, -0.2) is 27.8 Å². The first-order chi connectivity index (χ1) is 7.95. The monoisotopic (exact) mass is 243 g/mol. The molecule has 2 N–H and O–H groups in total. The molecule has 0 saturated heterocycles. The molecule has 0 saturated carbocycles. The van der Waals surface area contributed by atoms with Crippen LogP contribution in [0, 0.1) is 11.6 Å². The summed E-state index contributed by atoms with van der Waals surface area (Å²) < 4.78 is 25.7. The summed E-state index contributed by atoms with van der Waals surface area (Å²) in [6.07, 6.45) is -0.783. The first-order valence-electron chi connectivity index (χ1n) is 4.38. The Morgan fingerprint density at radius 2 is 1.94 bits per heavy atom. The number of oxime groups is 1. The lowest BCUT2D eigenvalue weighted by atomic mass is 10.1. The van der Waals surface area contributed by atoms with Crippen molar-refractivity contribution < 1.29 is 28.7 Å². The van der Waals surface area contributed by atoms with Crippen LogP contribution in [0.1, 0.15) is 16.8 Å². The quantitative estimate of drug-likeness (QED) is 0.362. The molecule has 0 aliphatic carbocycles. The number of aliphatic carboxylic acids is 1. The summed E-state index contributed by atoms with van der Waals surface area (Å²) >= 11 is 0. The van der Waals surface area contributed by atoms with Crippen LogP contribution in [0.4, 0.5) is 8.78 Å². The third-order valence-corrected chi connectivity index (χ3v) is 1.93. The second-order valence-corrected chi connectivity index (χ2v) is 3.08. The number of hydrogen-bond donors (Lipinski definition) is 2. The lowest BCUT2D eigenvalue weighted by molar-refractivity contribution is -0.129. The maximum Gasteiger partial charge on any atom is 0.354 e. The summed E-state index contributed by atoms with van der Waals surface area (Å²) in [4.78, 5) is 21.9. The Kier molecular flexibility index (Phi) is 3.86. The van der Waals surface area contributed by atoms with E-state index < -0.39 is 41.1 Å². The van der Waals surface area contributed by atoms with Gasteiger partial charge in [-0.2, -0.15) is 0 Å². The number of Topliss-reactive ketones (excluding diaryl/α,β-unsaturated/α-hetero) is 1. The Balaban J connectivity index is 2.94. The molecule has 5 nitrogen and oxygen atoms in total. The number of carbonyl (C=O) groups is 2. The van der Waals surface area contributed by atoms with Gasteiger partial charge in [-0.25, -0.2) is 13.6 Å². The Bertz CT molecular complexity index is 499. The van der Waals surface area contributed by atoms with E-state index in [1.807, 2.05) is 0 Å². The molecule has 17 heavy (non-hydrogen) atoms. The molecular weight excluding hydrogens is 236 g/mol. The summed E-state index contributed by atoms with van der Waals surface area (Å²) in [6, 6.07) is 2.26. The van der Waals surface area contributed by atoms with E-state index in [1.54, 1.807) is 0 Å². The van der Waals surface area contributed by atoms with Crippen molar-refractivity contribution in [2.45, 2.75) is 6.42 Å². The van der Waals surface area contributed by atoms with Gasteiger partial charge < -0.3 is 10.3 Å². The number of carboxylic acid groups (broad SMARTS) is 1. The second kappa shape index (κ2) is 5.15. The van der Waals surface area contributed by atoms with Gasteiger partial charge >= 0.3 is 5.97 Å². The van der Waals surface area contributed by atoms with Crippen molar-refractivity contribution in [3.63, 3.8) is 0 Å².